The van der Waals surface area contributed by atoms with Crippen LogP contribution in [-0.4, -0.2) is 28.5 Å². The lowest BCUT2D eigenvalue weighted by atomic mass is 10.2. The van der Waals surface area contributed by atoms with E-state index in [0.717, 1.165) is 16.7 Å². The molecule has 0 atom stereocenters. The molecule has 0 saturated carbocycles. The summed E-state index contributed by atoms with van der Waals surface area (Å²) in [5.74, 6) is -0.657. The molecule has 0 unspecified atom stereocenters. The van der Waals surface area contributed by atoms with Gasteiger partial charge in [-0.25, -0.2) is 4.39 Å². The zero-order chi connectivity index (χ0) is 22.0. The molecule has 3 aromatic rings. The van der Waals surface area contributed by atoms with Crippen molar-refractivity contribution in [1.29, 1.82) is 0 Å². The highest BCUT2D eigenvalue weighted by Gasteiger charge is 2.36. The number of amides is 3. The first-order valence-corrected chi connectivity index (χ1v) is 10.3. The van der Waals surface area contributed by atoms with Crippen molar-refractivity contribution in [3.8, 4) is 11.3 Å². The number of furan rings is 1. The molecule has 9 heteroatoms. The third-order valence-electron chi connectivity index (χ3n) is 4.35. The molecule has 0 bridgehead atoms. The summed E-state index contributed by atoms with van der Waals surface area (Å²) in [5, 5.41) is 2.36. The summed E-state index contributed by atoms with van der Waals surface area (Å²) in [6.07, 6.45) is 1.43. The van der Waals surface area contributed by atoms with E-state index in [1.807, 2.05) is 0 Å². The van der Waals surface area contributed by atoms with E-state index in [9.17, 15) is 18.8 Å². The summed E-state index contributed by atoms with van der Waals surface area (Å²) in [7, 11) is 0. The first kappa shape index (κ1) is 20.9. The molecule has 1 aromatic heterocycles. The zero-order valence-corrected chi connectivity index (χ0v) is 17.4. The molecule has 1 saturated heterocycles. The van der Waals surface area contributed by atoms with Crippen molar-refractivity contribution in [2.75, 3.05) is 11.9 Å². The largest absolute Gasteiger partial charge is 0.457 e. The zero-order valence-electron chi connectivity index (χ0n) is 15.8. The number of anilines is 1. The molecule has 4 rings (SSSR count). The minimum absolute atomic E-state index is 0.135. The monoisotopic (exact) mass is 456 g/mol. The van der Waals surface area contributed by atoms with Gasteiger partial charge in [-0.1, -0.05) is 23.7 Å². The van der Waals surface area contributed by atoms with E-state index < -0.39 is 23.6 Å². The maximum Gasteiger partial charge on any atom is 0.294 e. The lowest BCUT2D eigenvalue weighted by Gasteiger charge is -2.13. The van der Waals surface area contributed by atoms with Crippen LogP contribution < -0.4 is 5.32 Å². The molecule has 156 valence electrons. The number of carbonyl (C=O) groups is 3. The van der Waals surface area contributed by atoms with E-state index in [1.165, 1.54) is 18.2 Å². The van der Waals surface area contributed by atoms with E-state index in [0.29, 0.717) is 27.8 Å². The van der Waals surface area contributed by atoms with Gasteiger partial charge in [-0.3, -0.25) is 19.3 Å². The molecular formula is C22H14ClFN2O4S. The molecule has 2 aromatic carbocycles. The molecule has 1 fully saturated rings. The van der Waals surface area contributed by atoms with Gasteiger partial charge in [0.25, 0.3) is 11.1 Å². The number of rotatable bonds is 5. The number of nitrogens with zero attached hydrogens (tertiary/aromatic N) is 1. The maximum atomic E-state index is 13.1. The summed E-state index contributed by atoms with van der Waals surface area (Å²) in [6, 6.07) is 15.7. The van der Waals surface area contributed by atoms with E-state index in [-0.39, 0.29) is 10.7 Å². The Bertz CT molecular complexity index is 1210. The van der Waals surface area contributed by atoms with Crippen molar-refractivity contribution in [1.82, 2.24) is 4.90 Å². The Morgan fingerprint density at radius 1 is 1.10 bits per heavy atom. The van der Waals surface area contributed by atoms with Gasteiger partial charge in [-0.15, -0.1) is 0 Å². The van der Waals surface area contributed by atoms with Crippen molar-refractivity contribution < 1.29 is 23.2 Å². The fraction of sp³-hybridized carbons (Fsp3) is 0.0455. The average molecular weight is 457 g/mol. The Labute approximate surface area is 185 Å². The van der Waals surface area contributed by atoms with Gasteiger partial charge in [-0.2, -0.15) is 0 Å². The van der Waals surface area contributed by atoms with Gasteiger partial charge >= 0.3 is 0 Å². The molecule has 0 spiro atoms. The van der Waals surface area contributed by atoms with Crippen LogP contribution in [0.5, 0.6) is 0 Å². The van der Waals surface area contributed by atoms with Crippen LogP contribution in [-0.2, 0) is 9.59 Å². The van der Waals surface area contributed by atoms with Crippen molar-refractivity contribution in [2.24, 2.45) is 0 Å². The third-order valence-corrected chi connectivity index (χ3v) is 5.59. The van der Waals surface area contributed by atoms with Gasteiger partial charge in [0.2, 0.25) is 5.91 Å². The maximum absolute atomic E-state index is 13.1. The fourth-order valence-electron chi connectivity index (χ4n) is 2.86. The third kappa shape index (κ3) is 4.70. The van der Waals surface area contributed by atoms with Crippen LogP contribution in [0.15, 0.2) is 70.0 Å². The van der Waals surface area contributed by atoms with Crippen LogP contribution in [0.2, 0.25) is 5.02 Å². The molecule has 6 nitrogen and oxygen atoms in total. The minimum atomic E-state index is -0.593. The summed E-state index contributed by atoms with van der Waals surface area (Å²) in [4.78, 5) is 38.1. The standard InChI is InChI=1S/C22H14ClFN2O4S/c23-16-3-1-2-4-17(16)25-20(27)12-26-21(28)19(31-22(26)29)11-15-9-10-18(30-15)13-5-7-14(24)8-6-13/h1-11H,12H2,(H,25,27)/b19-11+. The molecule has 1 aliphatic heterocycles. The Balaban J connectivity index is 1.45. The van der Waals surface area contributed by atoms with E-state index in [2.05, 4.69) is 5.32 Å². The Morgan fingerprint density at radius 2 is 1.84 bits per heavy atom. The highest BCUT2D eigenvalue weighted by Crippen LogP contribution is 2.33. The van der Waals surface area contributed by atoms with Crippen LogP contribution in [0, 0.1) is 5.82 Å². The number of imide groups is 1. The SMILES string of the molecule is O=C(CN1C(=O)S/C(=C/c2ccc(-c3ccc(F)cc3)o2)C1=O)Nc1ccccc1Cl. The predicted molar refractivity (Wildman–Crippen MR) is 117 cm³/mol. The molecule has 1 N–H and O–H groups in total. The van der Waals surface area contributed by atoms with Crippen molar-refractivity contribution in [2.45, 2.75) is 0 Å². The Morgan fingerprint density at radius 3 is 2.58 bits per heavy atom. The summed E-state index contributed by atoms with van der Waals surface area (Å²) < 4.78 is 18.8. The molecular weight excluding hydrogens is 443 g/mol. The van der Waals surface area contributed by atoms with Gasteiger partial charge in [0.1, 0.15) is 23.9 Å². The Hall–Kier alpha value is -3.36. The molecule has 2 heterocycles. The number of hydrogen-bond donors (Lipinski definition) is 1. The lowest BCUT2D eigenvalue weighted by molar-refractivity contribution is -0.127. The smallest absolute Gasteiger partial charge is 0.294 e. The topological polar surface area (TPSA) is 79.6 Å². The second-order valence-corrected chi connectivity index (χ2v) is 7.91. The van der Waals surface area contributed by atoms with Gasteiger partial charge < -0.3 is 9.73 Å². The van der Waals surface area contributed by atoms with Crippen LogP contribution in [0.1, 0.15) is 5.76 Å². The lowest BCUT2D eigenvalue weighted by Crippen LogP contribution is -2.36. The molecule has 0 aliphatic carbocycles. The second-order valence-electron chi connectivity index (χ2n) is 6.50. The van der Waals surface area contributed by atoms with Crippen LogP contribution in [0.4, 0.5) is 14.9 Å². The highest BCUT2D eigenvalue weighted by atomic mass is 35.5. The first-order chi connectivity index (χ1) is 14.9. The fourth-order valence-corrected chi connectivity index (χ4v) is 3.86. The number of nitrogens with one attached hydrogen (secondary N) is 1. The summed E-state index contributed by atoms with van der Waals surface area (Å²) in [5.41, 5.74) is 1.06. The number of benzene rings is 2. The summed E-state index contributed by atoms with van der Waals surface area (Å²) >= 11 is 6.72. The van der Waals surface area contributed by atoms with Crippen LogP contribution in [0.3, 0.4) is 0 Å². The minimum Gasteiger partial charge on any atom is -0.457 e. The Kier molecular flexibility index (Phi) is 5.92. The quantitative estimate of drug-likeness (QED) is 0.519. The van der Waals surface area contributed by atoms with E-state index in [1.54, 1.807) is 48.5 Å². The first-order valence-electron chi connectivity index (χ1n) is 9.06. The number of para-hydroxylation sites is 1. The van der Waals surface area contributed by atoms with Crippen molar-refractivity contribution >= 4 is 52.2 Å². The highest BCUT2D eigenvalue weighted by molar-refractivity contribution is 8.18. The van der Waals surface area contributed by atoms with Crippen LogP contribution >= 0.6 is 23.4 Å². The molecule has 1 aliphatic rings. The normalized spacial score (nSPS) is 15.0. The van der Waals surface area contributed by atoms with Crippen molar-refractivity contribution in [3.05, 3.63) is 82.2 Å². The molecule has 3 amide bonds. The second kappa shape index (κ2) is 8.79. The molecule has 31 heavy (non-hydrogen) atoms. The summed E-state index contributed by atoms with van der Waals surface area (Å²) in [6.45, 7) is -0.438. The van der Waals surface area contributed by atoms with Crippen LogP contribution in [0.25, 0.3) is 17.4 Å². The van der Waals surface area contributed by atoms with E-state index >= 15 is 0 Å². The van der Waals surface area contributed by atoms with E-state index in [4.69, 9.17) is 16.0 Å². The average Bonchev–Trinajstić information content (AvgIpc) is 3.31. The van der Waals surface area contributed by atoms with Gasteiger partial charge in [0, 0.05) is 11.6 Å². The van der Waals surface area contributed by atoms with Gasteiger partial charge in [0.05, 0.1) is 15.6 Å². The van der Waals surface area contributed by atoms with Gasteiger partial charge in [0.15, 0.2) is 0 Å². The number of hydrogen-bond acceptors (Lipinski definition) is 5. The van der Waals surface area contributed by atoms with Gasteiger partial charge in [-0.05, 0) is 60.3 Å². The number of thioether (sulfide) groups is 1. The number of halogens is 2. The molecule has 0 radical (unpaired) electrons. The van der Waals surface area contributed by atoms with Crippen molar-refractivity contribution in [3.63, 3.8) is 0 Å². The number of carbonyl (C=O) groups excluding carboxylic acids is 3. The predicted octanol–water partition coefficient (Wildman–Crippen LogP) is 5.41.